The van der Waals surface area contributed by atoms with Crippen molar-refractivity contribution in [3.8, 4) is 5.75 Å². The lowest BCUT2D eigenvalue weighted by molar-refractivity contribution is -0.175. The van der Waals surface area contributed by atoms with Crippen LogP contribution in [-0.4, -0.2) is 58.9 Å². The second-order valence-electron chi connectivity index (χ2n) is 7.29. The fourth-order valence-corrected chi connectivity index (χ4v) is 3.25. The molecule has 7 nitrogen and oxygen atoms in total. The molecule has 1 aliphatic rings. The number of likely N-dealkylation sites (tertiary alicyclic amines) is 1. The zero-order valence-electron chi connectivity index (χ0n) is 17.1. The molecule has 2 amide bonds. The first-order chi connectivity index (χ1) is 14.3. The normalized spacial score (nSPS) is 19.3. The Morgan fingerprint density at radius 3 is 2.30 bits per heavy atom. The van der Waals surface area contributed by atoms with E-state index in [0.717, 1.165) is 11.1 Å². The summed E-state index contributed by atoms with van der Waals surface area (Å²) in [7, 11) is 3.35. The number of β-lactam (4-membered cyclic amide) rings is 1. The van der Waals surface area contributed by atoms with Crippen LogP contribution in [-0.2, 0) is 14.4 Å². The first-order valence-electron chi connectivity index (χ1n) is 9.55. The Balaban J connectivity index is 1.85. The molecular formula is C23H24N2O5. The second-order valence-corrected chi connectivity index (χ2v) is 7.29. The van der Waals surface area contributed by atoms with Crippen molar-refractivity contribution in [3.05, 3.63) is 71.8 Å². The van der Waals surface area contributed by atoms with E-state index in [1.54, 1.807) is 44.4 Å². The van der Waals surface area contributed by atoms with Gasteiger partial charge in [0.1, 0.15) is 17.8 Å². The van der Waals surface area contributed by atoms with Gasteiger partial charge in [-0.05, 0) is 36.3 Å². The van der Waals surface area contributed by atoms with Gasteiger partial charge in [0, 0.05) is 20.2 Å². The smallest absolute Gasteiger partial charge is 0.326 e. The fraction of sp³-hybridized carbons (Fsp3) is 0.261. The van der Waals surface area contributed by atoms with E-state index in [-0.39, 0.29) is 11.8 Å². The number of carbonyl (C=O) groups excluding carboxylic acids is 2. The van der Waals surface area contributed by atoms with Gasteiger partial charge in [-0.15, -0.1) is 0 Å². The Morgan fingerprint density at radius 1 is 1.10 bits per heavy atom. The van der Waals surface area contributed by atoms with Crippen LogP contribution in [0.3, 0.4) is 0 Å². The lowest BCUT2D eigenvalue weighted by Gasteiger charge is -2.48. The molecule has 0 radical (unpaired) electrons. The molecule has 1 saturated heterocycles. The maximum atomic E-state index is 12.7. The molecule has 156 valence electrons. The van der Waals surface area contributed by atoms with Gasteiger partial charge in [0.15, 0.2) is 0 Å². The summed E-state index contributed by atoms with van der Waals surface area (Å²) < 4.78 is 5.88. The molecule has 7 heteroatoms. The van der Waals surface area contributed by atoms with Crippen LogP contribution >= 0.6 is 0 Å². The van der Waals surface area contributed by atoms with E-state index in [9.17, 15) is 19.5 Å². The van der Waals surface area contributed by atoms with Gasteiger partial charge in [-0.1, -0.05) is 42.5 Å². The van der Waals surface area contributed by atoms with Gasteiger partial charge in [-0.25, -0.2) is 4.79 Å². The summed E-state index contributed by atoms with van der Waals surface area (Å²) in [6.07, 6.45) is 2.38. The van der Waals surface area contributed by atoms with Gasteiger partial charge >= 0.3 is 5.97 Å². The Morgan fingerprint density at radius 2 is 1.73 bits per heavy atom. The molecule has 0 aromatic heterocycles. The molecular weight excluding hydrogens is 384 g/mol. The quantitative estimate of drug-likeness (QED) is 0.562. The maximum absolute atomic E-state index is 12.7. The summed E-state index contributed by atoms with van der Waals surface area (Å²) in [5, 5.41) is 9.41. The van der Waals surface area contributed by atoms with E-state index in [1.165, 1.54) is 22.8 Å². The number of aliphatic carboxylic acids is 1. The lowest BCUT2D eigenvalue weighted by Crippen LogP contribution is -2.65. The number of carboxylic acid groups (broad SMARTS) is 1. The van der Waals surface area contributed by atoms with Crippen molar-refractivity contribution in [1.82, 2.24) is 9.80 Å². The van der Waals surface area contributed by atoms with Gasteiger partial charge in [-0.3, -0.25) is 9.59 Å². The standard InChI is InChI=1S/C23H24N2O5/c1-15(23(28)29)25-20(21(22(25)27)30-18-7-5-4-6-8-18)17-12-9-16(10-13-17)11-14-19(26)24(2)3/h4-15,20-21H,1-3H3,(H,28,29)/b14-11+/t15-,20?,21?/m0/s1. The summed E-state index contributed by atoms with van der Waals surface area (Å²) in [6, 6.07) is 14.7. The van der Waals surface area contributed by atoms with Crippen LogP contribution in [0.1, 0.15) is 24.1 Å². The zero-order chi connectivity index (χ0) is 21.8. The minimum atomic E-state index is -1.08. The first-order valence-corrected chi connectivity index (χ1v) is 9.55. The summed E-state index contributed by atoms with van der Waals surface area (Å²) in [4.78, 5) is 38.7. The highest BCUT2D eigenvalue weighted by Crippen LogP contribution is 2.39. The van der Waals surface area contributed by atoms with Gasteiger partial charge < -0.3 is 19.6 Å². The van der Waals surface area contributed by atoms with Crippen LogP contribution in [0.5, 0.6) is 5.75 Å². The number of hydrogen-bond acceptors (Lipinski definition) is 4. The molecule has 1 N–H and O–H groups in total. The van der Waals surface area contributed by atoms with E-state index in [0.29, 0.717) is 5.75 Å². The van der Waals surface area contributed by atoms with Gasteiger partial charge in [-0.2, -0.15) is 0 Å². The van der Waals surface area contributed by atoms with Crippen molar-refractivity contribution in [2.45, 2.75) is 25.1 Å². The van der Waals surface area contributed by atoms with Crippen LogP contribution in [0.4, 0.5) is 0 Å². The van der Waals surface area contributed by atoms with Crippen LogP contribution in [0, 0.1) is 0 Å². The molecule has 3 atom stereocenters. The molecule has 2 aromatic rings. The fourth-order valence-electron chi connectivity index (χ4n) is 3.25. The molecule has 0 spiro atoms. The Kier molecular flexibility index (Phi) is 6.20. The van der Waals surface area contributed by atoms with Crippen LogP contribution in [0.25, 0.3) is 6.08 Å². The van der Waals surface area contributed by atoms with E-state index >= 15 is 0 Å². The third-order valence-electron chi connectivity index (χ3n) is 5.00. The largest absolute Gasteiger partial charge is 0.480 e. The number of benzene rings is 2. The summed E-state index contributed by atoms with van der Waals surface area (Å²) in [5.74, 6) is -1.01. The highest BCUT2D eigenvalue weighted by molar-refractivity contribution is 5.93. The Hall–Kier alpha value is -3.61. The average molecular weight is 408 g/mol. The molecule has 0 aliphatic carbocycles. The SMILES string of the molecule is C[C@@H](C(=O)O)N1C(=O)C(Oc2ccccc2)C1c1ccc(/C=C/C(=O)N(C)C)cc1. The van der Waals surface area contributed by atoms with Crippen molar-refractivity contribution < 1.29 is 24.2 Å². The molecule has 1 aliphatic heterocycles. The lowest BCUT2D eigenvalue weighted by atomic mass is 9.88. The van der Waals surface area contributed by atoms with Crippen LogP contribution < -0.4 is 4.74 Å². The molecule has 2 aromatic carbocycles. The zero-order valence-corrected chi connectivity index (χ0v) is 17.1. The van der Waals surface area contributed by atoms with Crippen molar-refractivity contribution in [1.29, 1.82) is 0 Å². The number of ether oxygens (including phenoxy) is 1. The van der Waals surface area contributed by atoms with Crippen LogP contribution in [0.15, 0.2) is 60.7 Å². The number of carboxylic acids is 1. The minimum Gasteiger partial charge on any atom is -0.480 e. The summed E-state index contributed by atoms with van der Waals surface area (Å²) >= 11 is 0. The number of nitrogens with zero attached hydrogens (tertiary/aromatic N) is 2. The number of rotatable bonds is 7. The van der Waals surface area contributed by atoms with E-state index < -0.39 is 24.2 Å². The third-order valence-corrected chi connectivity index (χ3v) is 5.00. The topological polar surface area (TPSA) is 87.1 Å². The highest BCUT2D eigenvalue weighted by atomic mass is 16.5. The summed E-state index contributed by atoms with van der Waals surface area (Å²) in [6.45, 7) is 1.48. The first kappa shape index (κ1) is 21.1. The molecule has 1 fully saturated rings. The number of hydrogen-bond donors (Lipinski definition) is 1. The minimum absolute atomic E-state index is 0.124. The number of amides is 2. The molecule has 1 heterocycles. The number of carbonyl (C=O) groups is 3. The highest BCUT2D eigenvalue weighted by Gasteiger charge is 2.53. The number of para-hydroxylation sites is 1. The Labute approximate surface area is 175 Å². The van der Waals surface area contributed by atoms with E-state index in [1.807, 2.05) is 30.3 Å². The average Bonchev–Trinajstić information content (AvgIpc) is 2.74. The van der Waals surface area contributed by atoms with Gasteiger partial charge in [0.05, 0.1) is 0 Å². The molecule has 0 saturated carbocycles. The third kappa shape index (κ3) is 4.35. The summed E-state index contributed by atoms with van der Waals surface area (Å²) in [5.41, 5.74) is 1.58. The van der Waals surface area contributed by atoms with Crippen molar-refractivity contribution >= 4 is 23.9 Å². The van der Waals surface area contributed by atoms with E-state index in [4.69, 9.17) is 4.74 Å². The monoisotopic (exact) mass is 408 g/mol. The number of likely N-dealkylation sites (N-methyl/N-ethyl adjacent to an activating group) is 1. The predicted molar refractivity (Wildman–Crippen MR) is 112 cm³/mol. The van der Waals surface area contributed by atoms with Gasteiger partial charge in [0.25, 0.3) is 5.91 Å². The molecule has 3 rings (SSSR count). The predicted octanol–water partition coefficient (Wildman–Crippen LogP) is 2.59. The molecule has 30 heavy (non-hydrogen) atoms. The second kappa shape index (κ2) is 8.82. The van der Waals surface area contributed by atoms with Crippen LogP contribution in [0.2, 0.25) is 0 Å². The van der Waals surface area contributed by atoms with Gasteiger partial charge in [0.2, 0.25) is 12.0 Å². The van der Waals surface area contributed by atoms with Crippen molar-refractivity contribution in [2.24, 2.45) is 0 Å². The van der Waals surface area contributed by atoms with E-state index in [2.05, 4.69) is 0 Å². The maximum Gasteiger partial charge on any atom is 0.326 e. The molecule has 2 unspecified atom stereocenters. The Bertz CT molecular complexity index is 953. The van der Waals surface area contributed by atoms with Crippen molar-refractivity contribution in [2.75, 3.05) is 14.1 Å². The van der Waals surface area contributed by atoms with Crippen molar-refractivity contribution in [3.63, 3.8) is 0 Å². The molecule has 0 bridgehead atoms.